The highest BCUT2D eigenvalue weighted by Gasteiger charge is 2.27. The van der Waals surface area contributed by atoms with Gasteiger partial charge in [-0.05, 0) is 77.0 Å². The van der Waals surface area contributed by atoms with E-state index >= 15 is 0 Å². The summed E-state index contributed by atoms with van der Waals surface area (Å²) in [6.45, 7) is 4.02. The molecule has 58 heavy (non-hydrogen) atoms. The highest BCUT2D eigenvalue weighted by Crippen LogP contribution is 2.43. The van der Waals surface area contributed by atoms with Crippen molar-refractivity contribution in [3.05, 3.63) is 60.8 Å². The van der Waals surface area contributed by atoms with Gasteiger partial charge in [0.1, 0.15) is 19.8 Å². The summed E-state index contributed by atoms with van der Waals surface area (Å²) in [6.07, 6.45) is 37.2. The maximum absolute atomic E-state index is 12.7. The number of phosphoric ester groups is 1. The number of carbonyl (C=O) groups is 2. The molecule has 0 aliphatic heterocycles. The zero-order valence-corrected chi connectivity index (χ0v) is 37.9. The molecule has 0 heterocycles. The van der Waals surface area contributed by atoms with Crippen LogP contribution in [0.3, 0.4) is 0 Å². The van der Waals surface area contributed by atoms with E-state index in [0.29, 0.717) is 36.7 Å². The molecule has 12 heteroatoms. The number of allylic oxidation sites excluding steroid dienone is 9. The fraction of sp³-hybridized carbons (Fsp3) is 0.739. The first kappa shape index (κ1) is 55.6. The molecule has 0 aromatic rings. The molecule has 1 unspecified atom stereocenters. The van der Waals surface area contributed by atoms with E-state index in [9.17, 15) is 29.3 Å². The fourth-order valence-electron chi connectivity index (χ4n) is 5.61. The second-order valence-corrected chi connectivity index (χ2v) is 17.5. The van der Waals surface area contributed by atoms with E-state index in [0.717, 1.165) is 89.9 Å². The minimum atomic E-state index is -4.42. The summed E-state index contributed by atoms with van der Waals surface area (Å²) in [7, 11) is 1.35. The highest BCUT2D eigenvalue weighted by molar-refractivity contribution is 7.47. The number of aliphatic hydroxyl groups excluding tert-OH is 2. The molecule has 0 rings (SSSR count). The Balaban J connectivity index is 4.53. The van der Waals surface area contributed by atoms with E-state index in [4.69, 9.17) is 18.5 Å². The Bertz CT molecular complexity index is 1210. The monoisotopic (exact) mass is 841 g/mol. The first-order valence-corrected chi connectivity index (χ1v) is 23.7. The number of aliphatic hydroxyl groups is 2. The van der Waals surface area contributed by atoms with Crippen LogP contribution in [-0.4, -0.2) is 97.3 Å². The summed E-state index contributed by atoms with van der Waals surface area (Å²) >= 11 is 0. The first-order chi connectivity index (χ1) is 27.8. The smallest absolute Gasteiger partial charge is 0.462 e. The van der Waals surface area contributed by atoms with Crippen LogP contribution in [0.15, 0.2) is 60.8 Å². The maximum atomic E-state index is 12.7. The van der Waals surface area contributed by atoms with Gasteiger partial charge in [-0.15, -0.1) is 0 Å². The number of nitrogens with zero attached hydrogens (tertiary/aromatic N) is 1. The lowest BCUT2D eigenvalue weighted by atomic mass is 10.0. The molecule has 0 amide bonds. The van der Waals surface area contributed by atoms with Crippen LogP contribution in [0.2, 0.25) is 0 Å². The lowest BCUT2D eigenvalue weighted by Crippen LogP contribution is -2.37. The van der Waals surface area contributed by atoms with Gasteiger partial charge in [-0.25, -0.2) is 4.57 Å². The molecule has 11 nitrogen and oxygen atoms in total. The first-order valence-electron chi connectivity index (χ1n) is 22.2. The molecule has 3 N–H and O–H groups in total. The molecular formula is C46H83NO10P+. The number of likely N-dealkylation sites (N-methyl/N-ethyl adjacent to an activating group) is 1. The molecule has 0 saturated carbocycles. The summed E-state index contributed by atoms with van der Waals surface area (Å²) in [6, 6.07) is 0. The summed E-state index contributed by atoms with van der Waals surface area (Å²) in [4.78, 5) is 35.4. The fourth-order valence-corrected chi connectivity index (χ4v) is 6.36. The number of rotatable bonds is 39. The SMILES string of the molecule is CC/C=C\C/C=C\C/C=C\C/C=C\CCCCCCC(=O)OC[C@H](COP(=O)(O)OCC[N+](C)(C)C)OC(=O)CCCCCCC[C@H](O)[C@@H](O)C/C=C\CCCCC. The van der Waals surface area contributed by atoms with Gasteiger partial charge in [0.25, 0.3) is 0 Å². The minimum absolute atomic E-state index is 0.00373. The minimum Gasteiger partial charge on any atom is -0.462 e. The van der Waals surface area contributed by atoms with Gasteiger partial charge >= 0.3 is 19.8 Å². The summed E-state index contributed by atoms with van der Waals surface area (Å²) < 4.78 is 34.2. The van der Waals surface area contributed by atoms with Crippen molar-refractivity contribution in [2.24, 2.45) is 0 Å². The predicted molar refractivity (Wildman–Crippen MR) is 236 cm³/mol. The third kappa shape index (κ3) is 39.1. The van der Waals surface area contributed by atoms with Crippen molar-refractivity contribution >= 4 is 19.8 Å². The van der Waals surface area contributed by atoms with Gasteiger partial charge in [-0.3, -0.25) is 18.6 Å². The highest BCUT2D eigenvalue weighted by atomic mass is 31.2. The largest absolute Gasteiger partial charge is 0.472 e. The average Bonchev–Trinajstić information content (AvgIpc) is 3.17. The van der Waals surface area contributed by atoms with Crippen molar-refractivity contribution < 1.29 is 52.3 Å². The van der Waals surface area contributed by atoms with Crippen LogP contribution in [0.5, 0.6) is 0 Å². The van der Waals surface area contributed by atoms with Crippen molar-refractivity contribution in [3.8, 4) is 0 Å². The molecule has 336 valence electrons. The quantitative estimate of drug-likeness (QED) is 0.0180. The number of hydrogen-bond donors (Lipinski definition) is 3. The van der Waals surface area contributed by atoms with E-state index in [2.05, 4.69) is 68.5 Å². The Morgan fingerprint density at radius 3 is 1.78 bits per heavy atom. The van der Waals surface area contributed by atoms with Gasteiger partial charge in [0.05, 0.1) is 40.0 Å². The van der Waals surface area contributed by atoms with E-state index < -0.39 is 44.7 Å². The van der Waals surface area contributed by atoms with E-state index in [1.54, 1.807) is 0 Å². The number of ether oxygens (including phenoxy) is 2. The molecule has 0 fully saturated rings. The Kier molecular flexibility index (Phi) is 36.1. The summed E-state index contributed by atoms with van der Waals surface area (Å²) in [5.74, 6) is -0.944. The number of phosphoric acid groups is 1. The molecule has 0 radical (unpaired) electrons. The van der Waals surface area contributed by atoms with Crippen molar-refractivity contribution in [1.29, 1.82) is 0 Å². The van der Waals surface area contributed by atoms with Gasteiger partial charge in [0, 0.05) is 12.8 Å². The zero-order chi connectivity index (χ0) is 43.2. The van der Waals surface area contributed by atoms with Crippen LogP contribution in [-0.2, 0) is 32.7 Å². The number of carbonyl (C=O) groups excluding carboxylic acids is 2. The second kappa shape index (κ2) is 37.6. The molecule has 0 aliphatic rings. The molecule has 0 aromatic heterocycles. The Hall–Kier alpha value is -2.37. The molecule has 0 saturated heterocycles. The number of quaternary nitrogens is 1. The molecule has 0 spiro atoms. The van der Waals surface area contributed by atoms with E-state index in [1.165, 1.54) is 12.8 Å². The van der Waals surface area contributed by atoms with Gasteiger partial charge in [0.15, 0.2) is 6.10 Å². The third-order valence-corrected chi connectivity index (χ3v) is 10.2. The van der Waals surface area contributed by atoms with Crippen LogP contribution in [0.25, 0.3) is 0 Å². The number of unbranched alkanes of at least 4 members (excludes halogenated alkanes) is 11. The molecule has 0 aromatic carbocycles. The van der Waals surface area contributed by atoms with Crippen LogP contribution in [0, 0.1) is 0 Å². The van der Waals surface area contributed by atoms with Crippen molar-refractivity contribution in [2.75, 3.05) is 47.5 Å². The number of hydrogen-bond acceptors (Lipinski definition) is 9. The molecule has 0 aliphatic carbocycles. The normalized spacial score (nSPS) is 15.2. The lowest BCUT2D eigenvalue weighted by molar-refractivity contribution is -0.870. The van der Waals surface area contributed by atoms with Crippen molar-refractivity contribution in [2.45, 2.75) is 173 Å². The maximum Gasteiger partial charge on any atom is 0.472 e. The topological polar surface area (TPSA) is 149 Å². The van der Waals surface area contributed by atoms with E-state index in [-0.39, 0.29) is 26.1 Å². The van der Waals surface area contributed by atoms with Gasteiger partial charge in [0.2, 0.25) is 0 Å². The second-order valence-electron chi connectivity index (χ2n) is 16.0. The lowest BCUT2D eigenvalue weighted by Gasteiger charge is -2.24. The Labute approximate surface area is 352 Å². The summed E-state index contributed by atoms with van der Waals surface area (Å²) in [5, 5.41) is 20.5. The van der Waals surface area contributed by atoms with Crippen LogP contribution in [0.1, 0.15) is 155 Å². The van der Waals surface area contributed by atoms with Gasteiger partial charge in [-0.2, -0.15) is 0 Å². The summed E-state index contributed by atoms with van der Waals surface area (Å²) in [5.41, 5.74) is 0. The Morgan fingerprint density at radius 2 is 1.16 bits per heavy atom. The predicted octanol–water partition coefficient (Wildman–Crippen LogP) is 10.4. The van der Waals surface area contributed by atoms with Crippen LogP contribution < -0.4 is 0 Å². The van der Waals surface area contributed by atoms with Gasteiger partial charge < -0.3 is 29.1 Å². The van der Waals surface area contributed by atoms with Crippen LogP contribution >= 0.6 is 7.82 Å². The molecule has 4 atom stereocenters. The van der Waals surface area contributed by atoms with Crippen LogP contribution in [0.4, 0.5) is 0 Å². The standard InChI is InChI=1S/C46H82NO10P/c1-6-8-10-12-14-15-16-17-18-19-20-21-22-23-24-28-32-36-45(50)54-40-42(41-56-58(52,53)55-39-38-47(3,4)5)57-46(51)37-33-29-25-27-31-35-44(49)43(48)34-30-26-13-11-9-7-2/h8,10,14-15,17-18,20-21,26,30,42-44,48-49H,6-7,9,11-13,16,19,22-25,27-29,31-41H2,1-5H3/p+1/b10-8-,15-14-,18-17-,21-20-,30-26-/t42-,43+,44+/m1/s1. The van der Waals surface area contributed by atoms with Crippen molar-refractivity contribution in [1.82, 2.24) is 0 Å². The Morgan fingerprint density at radius 1 is 0.621 bits per heavy atom. The molecular weight excluding hydrogens is 757 g/mol. The average molecular weight is 841 g/mol. The molecule has 0 bridgehead atoms. The third-order valence-electron chi connectivity index (χ3n) is 9.23. The van der Waals surface area contributed by atoms with Crippen molar-refractivity contribution in [3.63, 3.8) is 0 Å². The zero-order valence-electron chi connectivity index (χ0n) is 37.0. The van der Waals surface area contributed by atoms with Gasteiger partial charge in [-0.1, -0.05) is 126 Å². The van der Waals surface area contributed by atoms with E-state index in [1.807, 2.05) is 27.2 Å². The number of esters is 2.